The van der Waals surface area contributed by atoms with Crippen LogP contribution < -0.4 is 5.32 Å². The van der Waals surface area contributed by atoms with Crippen molar-refractivity contribution in [3.63, 3.8) is 0 Å². The molecule has 1 aliphatic carbocycles. The summed E-state index contributed by atoms with van der Waals surface area (Å²) in [7, 11) is 3.46. The van der Waals surface area contributed by atoms with E-state index < -0.39 is 0 Å². The number of hydrogen-bond donors (Lipinski definition) is 1. The van der Waals surface area contributed by atoms with Gasteiger partial charge in [-0.2, -0.15) is 0 Å². The highest BCUT2D eigenvalue weighted by Gasteiger charge is 2.50. The molecule has 0 aromatic heterocycles. The molecule has 5 heteroatoms. The topological polar surface area (TPSA) is 49.4 Å². The van der Waals surface area contributed by atoms with Crippen molar-refractivity contribution in [3.05, 3.63) is 69.7 Å². The number of hydrogen-bond acceptors (Lipinski definition) is 2. The summed E-state index contributed by atoms with van der Waals surface area (Å²) in [6, 6.07) is 15.3. The van der Waals surface area contributed by atoms with Crippen molar-refractivity contribution in [2.24, 2.45) is 0 Å². The van der Waals surface area contributed by atoms with E-state index in [0.717, 1.165) is 28.4 Å². The van der Waals surface area contributed by atoms with Gasteiger partial charge in [0.25, 0.3) is 5.91 Å². The third-order valence-corrected chi connectivity index (χ3v) is 5.17. The highest BCUT2D eigenvalue weighted by atomic mass is 79.9. The molecule has 2 aromatic rings. The number of carbonyl (C=O) groups excluding carboxylic acids is 2. The van der Waals surface area contributed by atoms with E-state index in [4.69, 9.17) is 0 Å². The molecule has 1 fully saturated rings. The van der Waals surface area contributed by atoms with Crippen molar-refractivity contribution >= 4 is 27.7 Å². The molecule has 0 unspecified atom stereocenters. The van der Waals surface area contributed by atoms with Gasteiger partial charge in [0.15, 0.2) is 0 Å². The predicted octanol–water partition coefficient (Wildman–Crippen LogP) is 3.50. The summed E-state index contributed by atoms with van der Waals surface area (Å²) < 4.78 is 1.01. The highest BCUT2D eigenvalue weighted by Crippen LogP contribution is 2.48. The molecule has 0 radical (unpaired) electrons. The normalized spacial score (nSPS) is 14.7. The summed E-state index contributed by atoms with van der Waals surface area (Å²) in [5, 5.41) is 3.04. The minimum atomic E-state index is -0.373. The zero-order chi connectivity index (χ0) is 18.0. The minimum Gasteiger partial charge on any atom is -0.351 e. The van der Waals surface area contributed by atoms with Crippen LogP contribution in [0.2, 0.25) is 0 Å². The summed E-state index contributed by atoms with van der Waals surface area (Å²) in [5.41, 5.74) is 2.32. The van der Waals surface area contributed by atoms with Gasteiger partial charge < -0.3 is 10.2 Å². The van der Waals surface area contributed by atoms with E-state index in [1.54, 1.807) is 31.1 Å². The maximum Gasteiger partial charge on any atom is 0.253 e. The monoisotopic (exact) mass is 400 g/mol. The second-order valence-corrected chi connectivity index (χ2v) is 7.58. The molecule has 1 aliphatic rings. The van der Waals surface area contributed by atoms with Crippen molar-refractivity contribution in [1.29, 1.82) is 0 Å². The van der Waals surface area contributed by atoms with Gasteiger partial charge in [0.05, 0.1) is 5.41 Å². The Balaban J connectivity index is 1.63. The molecule has 0 saturated heterocycles. The fourth-order valence-corrected chi connectivity index (χ4v) is 3.18. The third-order valence-electron chi connectivity index (χ3n) is 4.64. The number of nitrogens with zero attached hydrogens (tertiary/aromatic N) is 1. The fourth-order valence-electron chi connectivity index (χ4n) is 2.92. The number of nitrogens with one attached hydrogen (secondary N) is 1. The summed E-state index contributed by atoms with van der Waals surface area (Å²) >= 11 is 3.43. The molecule has 2 amide bonds. The molecule has 0 atom stereocenters. The highest BCUT2D eigenvalue weighted by molar-refractivity contribution is 9.10. The van der Waals surface area contributed by atoms with Gasteiger partial charge >= 0.3 is 0 Å². The first-order valence-electron chi connectivity index (χ1n) is 8.27. The van der Waals surface area contributed by atoms with Gasteiger partial charge in [0, 0.05) is 30.7 Å². The van der Waals surface area contributed by atoms with Gasteiger partial charge in [-0.05, 0) is 48.2 Å². The number of halogens is 1. The van der Waals surface area contributed by atoms with Crippen molar-refractivity contribution in [2.45, 2.75) is 24.8 Å². The van der Waals surface area contributed by atoms with Crippen LogP contribution in [-0.4, -0.2) is 30.8 Å². The van der Waals surface area contributed by atoms with Crippen LogP contribution in [0.4, 0.5) is 0 Å². The molecule has 0 spiro atoms. The maximum absolute atomic E-state index is 12.7. The van der Waals surface area contributed by atoms with E-state index in [0.29, 0.717) is 12.1 Å². The second kappa shape index (κ2) is 7.00. The predicted molar refractivity (Wildman–Crippen MR) is 101 cm³/mol. The third kappa shape index (κ3) is 3.76. The average Bonchev–Trinajstić information content (AvgIpc) is 3.42. The van der Waals surface area contributed by atoms with Crippen LogP contribution >= 0.6 is 15.9 Å². The summed E-state index contributed by atoms with van der Waals surface area (Å²) in [6.07, 6.45) is 1.77. The van der Waals surface area contributed by atoms with E-state index >= 15 is 0 Å². The van der Waals surface area contributed by atoms with Crippen molar-refractivity contribution in [2.75, 3.05) is 14.1 Å². The van der Waals surface area contributed by atoms with Crippen LogP contribution in [-0.2, 0) is 16.8 Å². The van der Waals surface area contributed by atoms with Crippen molar-refractivity contribution < 1.29 is 9.59 Å². The summed E-state index contributed by atoms with van der Waals surface area (Å²) in [4.78, 5) is 26.1. The first-order valence-corrected chi connectivity index (χ1v) is 9.07. The van der Waals surface area contributed by atoms with Crippen molar-refractivity contribution in [3.8, 4) is 0 Å². The molecular weight excluding hydrogens is 380 g/mol. The Labute approximate surface area is 156 Å². The van der Waals surface area contributed by atoms with Crippen molar-refractivity contribution in [1.82, 2.24) is 10.2 Å². The summed E-state index contributed by atoms with van der Waals surface area (Å²) in [6.45, 7) is 0.466. The van der Waals surface area contributed by atoms with Crippen LogP contribution in [0.1, 0.15) is 34.3 Å². The molecule has 2 aromatic carbocycles. The zero-order valence-electron chi connectivity index (χ0n) is 14.4. The Bertz CT molecular complexity index is 778. The Kier molecular flexibility index (Phi) is 4.95. The molecule has 4 nitrogen and oxygen atoms in total. The molecule has 1 saturated carbocycles. The number of benzene rings is 2. The van der Waals surface area contributed by atoms with E-state index in [9.17, 15) is 9.59 Å². The van der Waals surface area contributed by atoms with E-state index in [-0.39, 0.29) is 17.2 Å². The van der Waals surface area contributed by atoms with E-state index in [1.165, 1.54) is 0 Å². The Morgan fingerprint density at radius 2 is 1.64 bits per heavy atom. The van der Waals surface area contributed by atoms with Gasteiger partial charge in [0.2, 0.25) is 5.91 Å². The van der Waals surface area contributed by atoms with E-state index in [1.807, 2.05) is 36.4 Å². The van der Waals surface area contributed by atoms with Gasteiger partial charge in [0.1, 0.15) is 0 Å². The average molecular weight is 401 g/mol. The standard InChI is InChI=1S/C20H21BrN2O2/c1-23(2)18(24)15-5-3-14(4-6-15)13-22-19(25)20(11-12-20)16-7-9-17(21)10-8-16/h3-10H,11-13H2,1-2H3,(H,22,25). The van der Waals surface area contributed by atoms with Crippen LogP contribution in [0.25, 0.3) is 0 Å². The van der Waals surface area contributed by atoms with Gasteiger partial charge in [-0.25, -0.2) is 0 Å². The van der Waals surface area contributed by atoms with Crippen LogP contribution in [0, 0.1) is 0 Å². The quantitative estimate of drug-likeness (QED) is 0.834. The molecule has 0 bridgehead atoms. The molecule has 25 heavy (non-hydrogen) atoms. The lowest BCUT2D eigenvalue weighted by Crippen LogP contribution is -2.34. The molecule has 0 heterocycles. The summed E-state index contributed by atoms with van der Waals surface area (Å²) in [5.74, 6) is 0.0472. The van der Waals surface area contributed by atoms with Gasteiger partial charge in [-0.1, -0.05) is 40.2 Å². The maximum atomic E-state index is 12.7. The SMILES string of the molecule is CN(C)C(=O)c1ccc(CNC(=O)C2(c3ccc(Br)cc3)CC2)cc1. The second-order valence-electron chi connectivity index (χ2n) is 6.67. The molecule has 0 aliphatic heterocycles. The van der Waals surface area contributed by atoms with Crippen LogP contribution in [0.5, 0.6) is 0 Å². The Morgan fingerprint density at radius 3 is 2.16 bits per heavy atom. The first kappa shape index (κ1) is 17.7. The fraction of sp³-hybridized carbons (Fsp3) is 0.300. The molecule has 1 N–H and O–H groups in total. The lowest BCUT2D eigenvalue weighted by atomic mass is 9.95. The Morgan fingerprint density at radius 1 is 1.04 bits per heavy atom. The molecule has 3 rings (SSSR count). The van der Waals surface area contributed by atoms with E-state index in [2.05, 4.69) is 21.2 Å². The van der Waals surface area contributed by atoms with Gasteiger partial charge in [-0.3, -0.25) is 9.59 Å². The zero-order valence-corrected chi connectivity index (χ0v) is 16.0. The number of carbonyl (C=O) groups is 2. The first-order chi connectivity index (χ1) is 11.9. The lowest BCUT2D eigenvalue weighted by Gasteiger charge is -2.16. The van der Waals surface area contributed by atoms with Crippen LogP contribution in [0.15, 0.2) is 53.0 Å². The van der Waals surface area contributed by atoms with Gasteiger partial charge in [-0.15, -0.1) is 0 Å². The minimum absolute atomic E-state index is 0.0252. The van der Waals surface area contributed by atoms with Crippen LogP contribution in [0.3, 0.4) is 0 Å². The Hall–Kier alpha value is -2.14. The smallest absolute Gasteiger partial charge is 0.253 e. The molecular formula is C20H21BrN2O2. The number of amides is 2. The molecule has 130 valence electrons. The largest absolute Gasteiger partial charge is 0.351 e. The number of rotatable bonds is 5. The lowest BCUT2D eigenvalue weighted by molar-refractivity contribution is -0.123.